The molecule has 1 unspecified atom stereocenters. The molecule has 25 heavy (non-hydrogen) atoms. The molecule has 2 saturated heterocycles. The lowest BCUT2D eigenvalue weighted by atomic mass is 10.1. The molecular weight excluding hydrogens is 338 g/mol. The molecule has 2 aliphatic rings. The van der Waals surface area contributed by atoms with Crippen molar-refractivity contribution in [2.45, 2.75) is 18.9 Å². The molecule has 0 bridgehead atoms. The van der Waals surface area contributed by atoms with E-state index in [4.69, 9.17) is 0 Å². The molecular formula is C18H19N3O3S. The molecule has 4 rings (SSSR count). The van der Waals surface area contributed by atoms with Crippen molar-refractivity contribution in [1.29, 1.82) is 0 Å². The van der Waals surface area contributed by atoms with E-state index in [-0.39, 0.29) is 28.8 Å². The second-order valence-corrected chi connectivity index (χ2v) is 7.49. The van der Waals surface area contributed by atoms with Crippen LogP contribution in [0.25, 0.3) is 10.9 Å². The van der Waals surface area contributed by atoms with Gasteiger partial charge in [-0.15, -0.1) is 0 Å². The van der Waals surface area contributed by atoms with Crippen molar-refractivity contribution in [2.24, 2.45) is 7.05 Å². The van der Waals surface area contributed by atoms with Crippen LogP contribution in [0.15, 0.2) is 30.5 Å². The SMILES string of the molecule is Cn1cc(CC(=O)N2CCC(N3C(=O)CSC3=O)C2)c2ccccc21. The zero-order valence-corrected chi connectivity index (χ0v) is 14.8. The predicted molar refractivity (Wildman–Crippen MR) is 96.3 cm³/mol. The molecule has 130 valence electrons. The lowest BCUT2D eigenvalue weighted by Crippen LogP contribution is -2.41. The summed E-state index contributed by atoms with van der Waals surface area (Å²) in [6.07, 6.45) is 3.00. The summed E-state index contributed by atoms with van der Waals surface area (Å²) in [7, 11) is 1.98. The summed E-state index contributed by atoms with van der Waals surface area (Å²) in [5, 5.41) is 0.911. The minimum atomic E-state index is -0.182. The van der Waals surface area contributed by atoms with Crippen LogP contribution < -0.4 is 0 Å². The summed E-state index contributed by atoms with van der Waals surface area (Å²) in [6, 6.07) is 7.86. The lowest BCUT2D eigenvalue weighted by Gasteiger charge is -2.21. The van der Waals surface area contributed by atoms with Crippen molar-refractivity contribution in [1.82, 2.24) is 14.4 Å². The molecule has 1 aromatic carbocycles. The van der Waals surface area contributed by atoms with Crippen molar-refractivity contribution < 1.29 is 14.4 Å². The van der Waals surface area contributed by atoms with Gasteiger partial charge in [0.25, 0.3) is 5.24 Å². The number of fused-ring (bicyclic) bond motifs is 1. The summed E-state index contributed by atoms with van der Waals surface area (Å²) >= 11 is 1.05. The highest BCUT2D eigenvalue weighted by atomic mass is 32.2. The third-order valence-corrected chi connectivity index (χ3v) is 5.82. The Morgan fingerprint density at radius 2 is 2.08 bits per heavy atom. The van der Waals surface area contributed by atoms with E-state index >= 15 is 0 Å². The van der Waals surface area contributed by atoms with Crippen molar-refractivity contribution in [3.05, 3.63) is 36.0 Å². The van der Waals surface area contributed by atoms with Crippen molar-refractivity contribution in [2.75, 3.05) is 18.8 Å². The van der Waals surface area contributed by atoms with Crippen LogP contribution in [-0.4, -0.2) is 56.3 Å². The highest BCUT2D eigenvalue weighted by Gasteiger charge is 2.40. The molecule has 0 saturated carbocycles. The first kappa shape index (κ1) is 16.2. The normalized spacial score (nSPS) is 20.9. The van der Waals surface area contributed by atoms with Crippen molar-refractivity contribution in [3.8, 4) is 0 Å². The smallest absolute Gasteiger partial charge is 0.289 e. The van der Waals surface area contributed by atoms with E-state index in [1.54, 1.807) is 4.90 Å². The monoisotopic (exact) mass is 357 g/mol. The first-order chi connectivity index (χ1) is 12.0. The van der Waals surface area contributed by atoms with Crippen LogP contribution in [0, 0.1) is 0 Å². The highest BCUT2D eigenvalue weighted by Crippen LogP contribution is 2.27. The van der Waals surface area contributed by atoms with Gasteiger partial charge in [0.2, 0.25) is 11.8 Å². The zero-order valence-electron chi connectivity index (χ0n) is 14.0. The fraction of sp³-hybridized carbons (Fsp3) is 0.389. The largest absolute Gasteiger partial charge is 0.350 e. The number of amides is 3. The molecule has 0 aliphatic carbocycles. The minimum absolute atomic E-state index is 0.0469. The highest BCUT2D eigenvalue weighted by molar-refractivity contribution is 8.14. The van der Waals surface area contributed by atoms with Gasteiger partial charge >= 0.3 is 0 Å². The van der Waals surface area contributed by atoms with Crippen LogP contribution in [0.2, 0.25) is 0 Å². The van der Waals surface area contributed by atoms with E-state index in [1.165, 1.54) is 4.90 Å². The van der Waals surface area contributed by atoms with Gasteiger partial charge < -0.3 is 9.47 Å². The van der Waals surface area contributed by atoms with E-state index in [0.29, 0.717) is 25.9 Å². The van der Waals surface area contributed by atoms with E-state index in [9.17, 15) is 14.4 Å². The number of imide groups is 1. The van der Waals surface area contributed by atoms with Gasteiger partial charge in [-0.25, -0.2) is 0 Å². The van der Waals surface area contributed by atoms with Gasteiger partial charge in [-0.1, -0.05) is 30.0 Å². The molecule has 1 atom stereocenters. The maximum atomic E-state index is 12.7. The van der Waals surface area contributed by atoms with Gasteiger partial charge in [-0.2, -0.15) is 0 Å². The molecule has 0 N–H and O–H groups in total. The number of para-hydroxylation sites is 1. The average Bonchev–Trinajstić information content (AvgIpc) is 3.28. The average molecular weight is 357 g/mol. The lowest BCUT2D eigenvalue weighted by molar-refractivity contribution is -0.131. The summed E-state index contributed by atoms with van der Waals surface area (Å²) in [6.45, 7) is 1.04. The maximum Gasteiger partial charge on any atom is 0.289 e. The van der Waals surface area contributed by atoms with E-state index in [1.807, 2.05) is 42.1 Å². The number of carbonyl (C=O) groups is 3. The van der Waals surface area contributed by atoms with Gasteiger partial charge in [0, 0.05) is 37.2 Å². The first-order valence-electron chi connectivity index (χ1n) is 8.34. The molecule has 0 radical (unpaired) electrons. The van der Waals surface area contributed by atoms with Gasteiger partial charge in [0.15, 0.2) is 0 Å². The minimum Gasteiger partial charge on any atom is -0.350 e. The Morgan fingerprint density at radius 3 is 2.84 bits per heavy atom. The van der Waals surface area contributed by atoms with Crippen LogP contribution in [0.1, 0.15) is 12.0 Å². The van der Waals surface area contributed by atoms with Crippen LogP contribution in [-0.2, 0) is 23.1 Å². The number of benzene rings is 1. The van der Waals surface area contributed by atoms with Crippen LogP contribution >= 0.6 is 11.8 Å². The number of likely N-dealkylation sites (tertiary alicyclic amines) is 1. The number of aryl methyl sites for hydroxylation is 1. The second kappa shape index (κ2) is 6.22. The number of rotatable bonds is 3. The molecule has 3 amide bonds. The summed E-state index contributed by atoms with van der Waals surface area (Å²) in [4.78, 5) is 39.5. The Balaban J connectivity index is 1.47. The molecule has 0 spiro atoms. The summed E-state index contributed by atoms with van der Waals surface area (Å²) in [5.74, 6) is 0.133. The third-order valence-electron chi connectivity index (χ3n) is 4.99. The maximum absolute atomic E-state index is 12.7. The third kappa shape index (κ3) is 2.82. The Kier molecular flexibility index (Phi) is 4.03. The Bertz CT molecular complexity index is 860. The molecule has 2 aliphatic heterocycles. The number of hydrogen-bond donors (Lipinski definition) is 0. The van der Waals surface area contributed by atoms with E-state index in [2.05, 4.69) is 0 Å². The molecule has 3 heterocycles. The van der Waals surface area contributed by atoms with Crippen LogP contribution in [0.5, 0.6) is 0 Å². The Labute approximate surface area is 149 Å². The molecule has 7 heteroatoms. The van der Waals surface area contributed by atoms with Crippen molar-refractivity contribution in [3.63, 3.8) is 0 Å². The van der Waals surface area contributed by atoms with Gasteiger partial charge in [-0.05, 0) is 18.1 Å². The molecule has 1 aromatic heterocycles. The first-order valence-corrected chi connectivity index (χ1v) is 9.32. The topological polar surface area (TPSA) is 62.6 Å². The van der Waals surface area contributed by atoms with Gasteiger partial charge in [-0.3, -0.25) is 19.3 Å². The Morgan fingerprint density at radius 1 is 1.28 bits per heavy atom. The quantitative estimate of drug-likeness (QED) is 0.843. The van der Waals surface area contributed by atoms with Gasteiger partial charge in [0.1, 0.15) is 0 Å². The number of thioether (sulfide) groups is 1. The molecule has 6 nitrogen and oxygen atoms in total. The summed E-state index contributed by atoms with van der Waals surface area (Å²) in [5.41, 5.74) is 2.12. The van der Waals surface area contributed by atoms with Crippen LogP contribution in [0.3, 0.4) is 0 Å². The van der Waals surface area contributed by atoms with E-state index < -0.39 is 0 Å². The van der Waals surface area contributed by atoms with E-state index in [0.717, 1.165) is 28.2 Å². The standard InChI is InChI=1S/C18H19N3O3S/c1-19-9-12(14-4-2-3-5-15(14)19)8-16(22)20-7-6-13(10-20)21-17(23)11-25-18(21)24/h2-5,9,13H,6-8,10-11H2,1H3. The predicted octanol–water partition coefficient (Wildman–Crippen LogP) is 2.02. The fourth-order valence-corrected chi connectivity index (χ4v) is 4.51. The zero-order chi connectivity index (χ0) is 17.6. The number of aromatic nitrogens is 1. The van der Waals surface area contributed by atoms with Crippen molar-refractivity contribution >= 4 is 39.7 Å². The number of hydrogen-bond acceptors (Lipinski definition) is 4. The van der Waals surface area contributed by atoms with Crippen LogP contribution in [0.4, 0.5) is 4.79 Å². The molecule has 2 fully saturated rings. The number of carbonyl (C=O) groups excluding carboxylic acids is 3. The van der Waals surface area contributed by atoms with Gasteiger partial charge in [0.05, 0.1) is 18.2 Å². The Hall–Kier alpha value is -2.28. The fourth-order valence-electron chi connectivity index (χ4n) is 3.74. The number of nitrogens with zero attached hydrogens (tertiary/aromatic N) is 3. The summed E-state index contributed by atoms with van der Waals surface area (Å²) < 4.78 is 2.03. The molecule has 2 aromatic rings. The second-order valence-electron chi connectivity index (χ2n) is 6.56.